The lowest BCUT2D eigenvalue weighted by atomic mass is 10.0. The molecule has 0 aliphatic carbocycles. The largest absolute Gasteiger partial charge is 0.503 e. The van der Waals surface area contributed by atoms with Gasteiger partial charge in [-0.15, -0.1) is 0 Å². The molecule has 0 saturated carbocycles. The van der Waals surface area contributed by atoms with Crippen molar-refractivity contribution in [2.24, 2.45) is 0 Å². The molecule has 1 N–H and O–H groups in total. The van der Waals surface area contributed by atoms with Gasteiger partial charge in [0.1, 0.15) is 0 Å². The molecule has 0 atom stereocenters. The Kier molecular flexibility index (Phi) is 6.30. The Morgan fingerprint density at radius 1 is 1.28 bits per heavy atom. The fraction of sp³-hybridized carbons (Fsp3) is 0.208. The van der Waals surface area contributed by atoms with E-state index < -0.39 is 0 Å². The van der Waals surface area contributed by atoms with Gasteiger partial charge in [0.25, 0.3) is 5.56 Å². The van der Waals surface area contributed by atoms with Gasteiger partial charge in [0, 0.05) is 23.7 Å². The molecule has 0 aliphatic rings. The van der Waals surface area contributed by atoms with Crippen LogP contribution in [0.4, 0.5) is 0 Å². The quantitative estimate of drug-likeness (QED) is 0.397. The van der Waals surface area contributed by atoms with Gasteiger partial charge in [0.2, 0.25) is 0 Å². The van der Waals surface area contributed by atoms with Crippen molar-refractivity contribution in [3.63, 3.8) is 0 Å². The molecule has 0 radical (unpaired) electrons. The van der Waals surface area contributed by atoms with E-state index in [1.54, 1.807) is 36.5 Å². The van der Waals surface area contributed by atoms with Crippen LogP contribution in [-0.2, 0) is 0 Å². The number of methoxy groups -OCH3 is 1. The number of unbranched alkanes of at least 4 members (excludes halogenated alkanes) is 1. The molecule has 164 valence electrons. The molecule has 0 bridgehead atoms. The molecule has 8 heteroatoms. The number of carbonyl (C=O) groups is 1. The van der Waals surface area contributed by atoms with E-state index >= 15 is 0 Å². The number of aromatic nitrogens is 2. The van der Waals surface area contributed by atoms with Crippen LogP contribution >= 0.6 is 22.9 Å². The highest BCUT2D eigenvalue weighted by Gasteiger charge is 2.13. The molecule has 0 unspecified atom stereocenters. The van der Waals surface area contributed by atoms with Gasteiger partial charge in [-0.25, -0.2) is 4.98 Å². The molecule has 2 heterocycles. The Hall–Kier alpha value is -3.16. The van der Waals surface area contributed by atoms with Crippen molar-refractivity contribution in [2.45, 2.75) is 26.2 Å². The van der Waals surface area contributed by atoms with Crippen LogP contribution in [0.2, 0.25) is 5.02 Å². The summed E-state index contributed by atoms with van der Waals surface area (Å²) in [5, 5.41) is 10.0. The molecular weight excluding hydrogens is 448 g/mol. The summed E-state index contributed by atoms with van der Waals surface area (Å²) in [5.74, 6) is 0.228. The third-order valence-corrected chi connectivity index (χ3v) is 6.40. The number of phenolic OH excluding ortho intramolecular Hbond substituents is 1. The Morgan fingerprint density at radius 3 is 2.69 bits per heavy atom. The van der Waals surface area contributed by atoms with Crippen LogP contribution in [0.5, 0.6) is 11.5 Å². The highest BCUT2D eigenvalue weighted by atomic mass is 35.5. The highest BCUT2D eigenvalue weighted by Crippen LogP contribution is 2.35. The number of benzene rings is 2. The predicted molar refractivity (Wildman–Crippen MR) is 127 cm³/mol. The SMILES string of the molecule is CCCCC(=O)c1ccc(-c2cn3c(=O)/c(=C/c4cc(Cl)c(O)c(OC)c4)sc3n2)cc1. The van der Waals surface area contributed by atoms with E-state index in [9.17, 15) is 14.7 Å². The maximum atomic E-state index is 12.9. The summed E-state index contributed by atoms with van der Waals surface area (Å²) in [4.78, 5) is 30.2. The Balaban J connectivity index is 1.65. The first-order chi connectivity index (χ1) is 15.4. The zero-order valence-electron chi connectivity index (χ0n) is 17.6. The summed E-state index contributed by atoms with van der Waals surface area (Å²) in [7, 11) is 1.43. The molecule has 0 fully saturated rings. The summed E-state index contributed by atoms with van der Waals surface area (Å²) >= 11 is 7.30. The van der Waals surface area contributed by atoms with Gasteiger partial charge in [-0.3, -0.25) is 14.0 Å². The summed E-state index contributed by atoms with van der Waals surface area (Å²) in [6.45, 7) is 2.06. The Morgan fingerprint density at radius 2 is 2.03 bits per heavy atom. The number of hydrogen-bond donors (Lipinski definition) is 1. The summed E-state index contributed by atoms with van der Waals surface area (Å²) in [6, 6.07) is 10.5. The van der Waals surface area contributed by atoms with Gasteiger partial charge < -0.3 is 9.84 Å². The van der Waals surface area contributed by atoms with Crippen LogP contribution in [0, 0.1) is 0 Å². The van der Waals surface area contributed by atoms with Crippen LogP contribution in [0.1, 0.15) is 42.1 Å². The number of ketones is 1. The van der Waals surface area contributed by atoms with E-state index in [1.165, 1.54) is 22.8 Å². The molecule has 4 rings (SSSR count). The number of hydrogen-bond acceptors (Lipinski definition) is 6. The monoisotopic (exact) mass is 468 g/mol. The van der Waals surface area contributed by atoms with Gasteiger partial charge in [-0.1, -0.05) is 60.5 Å². The number of aromatic hydroxyl groups is 1. The van der Waals surface area contributed by atoms with Crippen LogP contribution in [-0.4, -0.2) is 27.4 Å². The van der Waals surface area contributed by atoms with Gasteiger partial charge in [-0.05, 0) is 30.2 Å². The van der Waals surface area contributed by atoms with Gasteiger partial charge in [0.15, 0.2) is 22.2 Å². The molecule has 2 aromatic heterocycles. The van der Waals surface area contributed by atoms with E-state index in [1.807, 2.05) is 12.1 Å². The number of halogens is 1. The first-order valence-corrected chi connectivity index (χ1v) is 11.3. The average Bonchev–Trinajstić information content (AvgIpc) is 3.34. The fourth-order valence-corrected chi connectivity index (χ4v) is 4.54. The van der Waals surface area contributed by atoms with Crippen molar-refractivity contribution in [3.8, 4) is 22.8 Å². The summed E-state index contributed by atoms with van der Waals surface area (Å²) in [6.07, 6.45) is 5.80. The number of thiazole rings is 1. The molecule has 32 heavy (non-hydrogen) atoms. The molecule has 2 aromatic carbocycles. The molecule has 4 aromatic rings. The van der Waals surface area contributed by atoms with Crippen LogP contribution in [0.15, 0.2) is 47.4 Å². The van der Waals surface area contributed by atoms with E-state index in [0.29, 0.717) is 32.7 Å². The average molecular weight is 469 g/mol. The maximum Gasteiger partial charge on any atom is 0.274 e. The number of phenols is 1. The molecule has 0 aliphatic heterocycles. The van der Waals surface area contributed by atoms with Crippen molar-refractivity contribution >= 4 is 39.8 Å². The zero-order valence-corrected chi connectivity index (χ0v) is 19.2. The van der Waals surface area contributed by atoms with Crippen molar-refractivity contribution < 1.29 is 14.6 Å². The van der Waals surface area contributed by atoms with E-state index in [-0.39, 0.29) is 27.9 Å². The third-order valence-electron chi connectivity index (χ3n) is 5.13. The second-order valence-corrected chi connectivity index (χ2v) is 8.77. The van der Waals surface area contributed by atoms with E-state index in [0.717, 1.165) is 18.4 Å². The van der Waals surface area contributed by atoms with Crippen molar-refractivity contribution in [1.82, 2.24) is 9.38 Å². The Labute approximate surface area is 193 Å². The molecule has 0 saturated heterocycles. The minimum absolute atomic E-state index is 0.136. The van der Waals surface area contributed by atoms with E-state index in [2.05, 4.69) is 11.9 Å². The lowest BCUT2D eigenvalue weighted by molar-refractivity contribution is 0.0980. The third kappa shape index (κ3) is 4.26. The first-order valence-electron chi connectivity index (χ1n) is 10.1. The minimum Gasteiger partial charge on any atom is -0.503 e. The Bertz CT molecular complexity index is 1410. The number of fused-ring (bicyclic) bond motifs is 1. The second-order valence-electron chi connectivity index (χ2n) is 7.35. The lowest BCUT2D eigenvalue weighted by Gasteiger charge is -2.05. The van der Waals surface area contributed by atoms with Crippen LogP contribution in [0.25, 0.3) is 22.3 Å². The second kappa shape index (κ2) is 9.14. The number of imidazole rings is 1. The molecule has 0 spiro atoms. The summed E-state index contributed by atoms with van der Waals surface area (Å²) < 4.78 is 7.11. The predicted octanol–water partition coefficient (Wildman–Crippen LogP) is 4.71. The van der Waals surface area contributed by atoms with Crippen molar-refractivity contribution in [2.75, 3.05) is 7.11 Å². The summed E-state index contributed by atoms with van der Waals surface area (Å²) in [5.41, 5.74) is 2.63. The fourth-order valence-electron chi connectivity index (χ4n) is 3.36. The number of nitrogens with zero attached hydrogens (tertiary/aromatic N) is 2. The standard InChI is InChI=1S/C24H21ClN2O4S/c1-3-4-5-19(28)16-8-6-15(7-9-16)18-13-27-23(30)21(32-24(27)26-18)12-14-10-17(25)22(29)20(11-14)31-2/h6-13,29H,3-5H2,1-2H3/b21-12-. The molecular formula is C24H21ClN2O4S. The van der Waals surface area contributed by atoms with Crippen molar-refractivity contribution in [3.05, 3.63) is 73.6 Å². The highest BCUT2D eigenvalue weighted by molar-refractivity contribution is 7.15. The smallest absolute Gasteiger partial charge is 0.274 e. The van der Waals surface area contributed by atoms with E-state index in [4.69, 9.17) is 16.3 Å². The maximum absolute atomic E-state index is 12.9. The van der Waals surface area contributed by atoms with Gasteiger partial charge in [0.05, 0.1) is 22.4 Å². The molecule has 6 nitrogen and oxygen atoms in total. The normalized spacial score (nSPS) is 11.9. The first kappa shape index (κ1) is 22.0. The number of rotatable bonds is 7. The zero-order chi connectivity index (χ0) is 22.8. The van der Waals surface area contributed by atoms with Gasteiger partial charge >= 0.3 is 0 Å². The van der Waals surface area contributed by atoms with Crippen molar-refractivity contribution in [1.29, 1.82) is 0 Å². The van der Waals surface area contributed by atoms with Crippen LogP contribution < -0.4 is 14.8 Å². The lowest BCUT2D eigenvalue weighted by Crippen LogP contribution is -2.22. The topological polar surface area (TPSA) is 80.9 Å². The minimum atomic E-state index is -0.196. The number of carbonyl (C=O) groups excluding carboxylic acids is 1. The number of Topliss-reactive ketones (excluding diaryl/α,β-unsaturated/α-hetero) is 1. The number of ether oxygens (including phenoxy) is 1. The van der Waals surface area contributed by atoms with Gasteiger partial charge in [-0.2, -0.15) is 0 Å². The molecule has 0 amide bonds. The van der Waals surface area contributed by atoms with Crippen LogP contribution in [0.3, 0.4) is 0 Å².